The SMILES string of the molecule is COC(=O)c1cccc(N2C(=O)C(Cl)=C(Nc3ccc(C)c(Cl)c3)C2=O)c1. The number of amides is 2. The molecule has 1 N–H and O–H groups in total. The fourth-order valence-corrected chi connectivity index (χ4v) is 2.94. The number of halogens is 2. The number of methoxy groups -OCH3 is 1. The van der Waals surface area contributed by atoms with E-state index in [1.54, 1.807) is 24.3 Å². The molecule has 0 atom stereocenters. The highest BCUT2D eigenvalue weighted by Gasteiger charge is 2.39. The number of rotatable bonds is 4. The number of imide groups is 1. The van der Waals surface area contributed by atoms with E-state index in [-0.39, 0.29) is 22.0 Å². The minimum absolute atomic E-state index is 0.0648. The molecule has 2 aromatic carbocycles. The molecule has 0 aliphatic carbocycles. The minimum atomic E-state index is -0.690. The van der Waals surface area contributed by atoms with E-state index in [4.69, 9.17) is 23.2 Å². The Morgan fingerprint density at radius 2 is 1.81 bits per heavy atom. The fraction of sp³-hybridized carbons (Fsp3) is 0.105. The summed E-state index contributed by atoms with van der Waals surface area (Å²) in [5.74, 6) is -1.91. The number of carbonyl (C=O) groups is 3. The molecule has 0 saturated heterocycles. The number of aryl methyl sites for hydroxylation is 1. The van der Waals surface area contributed by atoms with Crippen molar-refractivity contribution in [2.24, 2.45) is 0 Å². The lowest BCUT2D eigenvalue weighted by Crippen LogP contribution is -2.32. The fourth-order valence-electron chi connectivity index (χ4n) is 2.55. The van der Waals surface area contributed by atoms with Crippen LogP contribution in [0.25, 0.3) is 0 Å². The quantitative estimate of drug-likeness (QED) is 0.618. The highest BCUT2D eigenvalue weighted by Crippen LogP contribution is 2.31. The number of hydrogen-bond donors (Lipinski definition) is 1. The molecule has 6 nitrogen and oxygen atoms in total. The highest BCUT2D eigenvalue weighted by molar-refractivity contribution is 6.53. The molecule has 1 aliphatic heterocycles. The second-order valence-corrected chi connectivity index (χ2v) is 6.55. The van der Waals surface area contributed by atoms with E-state index in [0.717, 1.165) is 10.5 Å². The molecule has 1 heterocycles. The Balaban J connectivity index is 1.92. The number of nitrogens with one attached hydrogen (secondary N) is 1. The van der Waals surface area contributed by atoms with Gasteiger partial charge in [-0.3, -0.25) is 9.59 Å². The van der Waals surface area contributed by atoms with E-state index < -0.39 is 17.8 Å². The Labute approximate surface area is 165 Å². The summed E-state index contributed by atoms with van der Waals surface area (Å²) < 4.78 is 4.66. The monoisotopic (exact) mass is 404 g/mol. The predicted molar refractivity (Wildman–Crippen MR) is 103 cm³/mol. The lowest BCUT2D eigenvalue weighted by atomic mass is 10.2. The topological polar surface area (TPSA) is 75.7 Å². The van der Waals surface area contributed by atoms with Crippen LogP contribution in [0.4, 0.5) is 11.4 Å². The van der Waals surface area contributed by atoms with Gasteiger partial charge in [-0.15, -0.1) is 0 Å². The van der Waals surface area contributed by atoms with Gasteiger partial charge >= 0.3 is 5.97 Å². The maximum atomic E-state index is 12.8. The Kier molecular flexibility index (Phi) is 5.21. The Hall–Kier alpha value is -2.83. The van der Waals surface area contributed by atoms with Crippen LogP contribution < -0.4 is 10.2 Å². The van der Waals surface area contributed by atoms with Gasteiger partial charge in [0.05, 0.1) is 18.4 Å². The molecule has 8 heteroatoms. The number of hydrogen-bond acceptors (Lipinski definition) is 5. The molecule has 2 amide bonds. The van der Waals surface area contributed by atoms with Gasteiger partial charge in [0.1, 0.15) is 10.7 Å². The second-order valence-electron chi connectivity index (χ2n) is 5.77. The summed E-state index contributed by atoms with van der Waals surface area (Å²) in [6, 6.07) is 11.1. The van der Waals surface area contributed by atoms with E-state index in [9.17, 15) is 14.4 Å². The van der Waals surface area contributed by atoms with Crippen molar-refractivity contribution in [2.45, 2.75) is 6.92 Å². The first kappa shape index (κ1) is 18.9. The van der Waals surface area contributed by atoms with E-state index in [1.807, 2.05) is 6.92 Å². The zero-order chi connectivity index (χ0) is 19.7. The van der Waals surface area contributed by atoms with Gasteiger partial charge in [-0.05, 0) is 42.8 Å². The first-order valence-corrected chi connectivity index (χ1v) is 8.59. The van der Waals surface area contributed by atoms with Crippen LogP contribution in [-0.2, 0) is 14.3 Å². The van der Waals surface area contributed by atoms with Gasteiger partial charge in [0, 0.05) is 10.7 Å². The molecule has 138 valence electrons. The zero-order valence-corrected chi connectivity index (χ0v) is 15.9. The average molecular weight is 405 g/mol. The molecule has 27 heavy (non-hydrogen) atoms. The molecule has 1 aliphatic rings. The number of carbonyl (C=O) groups excluding carboxylic acids is 3. The summed E-state index contributed by atoms with van der Waals surface area (Å²) in [7, 11) is 1.24. The molecule has 0 radical (unpaired) electrons. The third-order valence-electron chi connectivity index (χ3n) is 3.99. The average Bonchev–Trinajstić information content (AvgIpc) is 2.87. The van der Waals surface area contributed by atoms with E-state index in [2.05, 4.69) is 10.1 Å². The smallest absolute Gasteiger partial charge is 0.337 e. The van der Waals surface area contributed by atoms with Crippen LogP contribution in [-0.4, -0.2) is 24.9 Å². The van der Waals surface area contributed by atoms with Gasteiger partial charge in [0.2, 0.25) is 0 Å². The van der Waals surface area contributed by atoms with Gasteiger partial charge in [0.15, 0.2) is 0 Å². The van der Waals surface area contributed by atoms with Gasteiger partial charge < -0.3 is 10.1 Å². The number of nitrogens with zero attached hydrogens (tertiary/aromatic N) is 1. The lowest BCUT2D eigenvalue weighted by Gasteiger charge is -2.16. The standard InChI is InChI=1S/C19H14Cl2N2O4/c1-10-6-7-12(9-14(10)20)22-16-15(21)17(24)23(18(16)25)13-5-3-4-11(8-13)19(26)27-2/h3-9,22H,1-2H3. The van der Waals surface area contributed by atoms with Crippen molar-refractivity contribution in [3.05, 3.63) is 69.3 Å². The molecular weight excluding hydrogens is 391 g/mol. The van der Waals surface area contributed by atoms with Gasteiger partial charge in [-0.2, -0.15) is 0 Å². The third-order valence-corrected chi connectivity index (χ3v) is 4.75. The first-order valence-electron chi connectivity index (χ1n) is 7.83. The van der Waals surface area contributed by atoms with Crippen molar-refractivity contribution in [2.75, 3.05) is 17.3 Å². The molecule has 0 spiro atoms. The number of benzene rings is 2. The van der Waals surface area contributed by atoms with Crippen molar-refractivity contribution in [3.63, 3.8) is 0 Å². The van der Waals surface area contributed by atoms with Crippen LogP contribution >= 0.6 is 23.2 Å². The maximum absolute atomic E-state index is 12.8. The largest absolute Gasteiger partial charge is 0.465 e. The number of ether oxygens (including phenoxy) is 1. The Morgan fingerprint density at radius 3 is 2.48 bits per heavy atom. The Bertz CT molecular complexity index is 1000. The summed E-state index contributed by atoms with van der Waals surface area (Å²) in [5.41, 5.74) is 1.75. The lowest BCUT2D eigenvalue weighted by molar-refractivity contribution is -0.120. The molecule has 0 bridgehead atoms. The summed E-state index contributed by atoms with van der Waals surface area (Å²) in [4.78, 5) is 37.9. The van der Waals surface area contributed by atoms with Crippen molar-refractivity contribution >= 4 is 52.4 Å². The zero-order valence-electron chi connectivity index (χ0n) is 14.4. The molecule has 2 aromatic rings. The summed E-state index contributed by atoms with van der Waals surface area (Å²) in [5, 5.41) is 3.11. The van der Waals surface area contributed by atoms with Crippen molar-refractivity contribution in [1.82, 2.24) is 0 Å². The van der Waals surface area contributed by atoms with Crippen LogP contribution in [0.1, 0.15) is 15.9 Å². The predicted octanol–water partition coefficient (Wildman–Crippen LogP) is 3.87. The van der Waals surface area contributed by atoms with Crippen LogP contribution in [0.15, 0.2) is 53.2 Å². The number of anilines is 2. The highest BCUT2D eigenvalue weighted by atomic mass is 35.5. The van der Waals surface area contributed by atoms with Crippen molar-refractivity contribution in [3.8, 4) is 0 Å². The Morgan fingerprint density at radius 1 is 1.07 bits per heavy atom. The van der Waals surface area contributed by atoms with Crippen molar-refractivity contribution < 1.29 is 19.1 Å². The van der Waals surface area contributed by atoms with Crippen LogP contribution in [0.5, 0.6) is 0 Å². The van der Waals surface area contributed by atoms with E-state index in [1.165, 1.54) is 25.3 Å². The summed E-state index contributed by atoms with van der Waals surface area (Å²) in [6.07, 6.45) is 0. The molecule has 0 fully saturated rings. The second kappa shape index (κ2) is 7.42. The normalized spacial score (nSPS) is 14.0. The number of esters is 1. The van der Waals surface area contributed by atoms with E-state index in [0.29, 0.717) is 10.7 Å². The van der Waals surface area contributed by atoms with Crippen LogP contribution in [0.2, 0.25) is 5.02 Å². The third kappa shape index (κ3) is 3.54. The van der Waals surface area contributed by atoms with Gasteiger partial charge in [0.25, 0.3) is 11.8 Å². The van der Waals surface area contributed by atoms with E-state index >= 15 is 0 Å². The molecule has 0 saturated carbocycles. The molecular formula is C19H14Cl2N2O4. The molecule has 3 rings (SSSR count). The van der Waals surface area contributed by atoms with Crippen LogP contribution in [0, 0.1) is 6.92 Å². The molecule has 0 aromatic heterocycles. The summed E-state index contributed by atoms with van der Waals surface area (Å²) in [6.45, 7) is 1.85. The minimum Gasteiger partial charge on any atom is -0.465 e. The molecule has 0 unspecified atom stereocenters. The van der Waals surface area contributed by atoms with Crippen LogP contribution in [0.3, 0.4) is 0 Å². The van der Waals surface area contributed by atoms with Crippen molar-refractivity contribution in [1.29, 1.82) is 0 Å². The van der Waals surface area contributed by atoms with Gasteiger partial charge in [-0.1, -0.05) is 35.3 Å². The summed E-state index contributed by atoms with van der Waals surface area (Å²) >= 11 is 12.2. The maximum Gasteiger partial charge on any atom is 0.337 e. The first-order chi connectivity index (χ1) is 12.8. The van der Waals surface area contributed by atoms with Gasteiger partial charge in [-0.25, -0.2) is 9.69 Å².